The third-order valence-corrected chi connectivity index (χ3v) is 18.5. The van der Waals surface area contributed by atoms with Gasteiger partial charge in [0.05, 0.1) is 26.4 Å². The summed E-state index contributed by atoms with van der Waals surface area (Å²) in [5.74, 6) is -2.21. The molecule has 0 aromatic carbocycles. The second-order valence-corrected chi connectivity index (χ2v) is 29.2. The van der Waals surface area contributed by atoms with E-state index in [4.69, 9.17) is 37.0 Å². The first-order valence-corrected chi connectivity index (χ1v) is 42.5. The molecule has 100 heavy (non-hydrogen) atoms. The molecule has 0 aliphatic rings. The fourth-order valence-electron chi connectivity index (χ4n) is 10.6. The normalized spacial score (nSPS) is 14.4. The van der Waals surface area contributed by atoms with Gasteiger partial charge >= 0.3 is 39.5 Å². The van der Waals surface area contributed by atoms with Gasteiger partial charge in [0.1, 0.15) is 19.3 Å². The van der Waals surface area contributed by atoms with E-state index in [0.29, 0.717) is 25.7 Å². The fraction of sp³-hybridized carbons (Fsp3) is 0.753. The van der Waals surface area contributed by atoms with Crippen molar-refractivity contribution in [3.8, 4) is 0 Å². The van der Waals surface area contributed by atoms with E-state index in [2.05, 4.69) is 125 Å². The van der Waals surface area contributed by atoms with Crippen LogP contribution in [-0.4, -0.2) is 96.7 Å². The molecule has 0 saturated carbocycles. The van der Waals surface area contributed by atoms with Gasteiger partial charge in [-0.05, 0) is 103 Å². The molecule has 0 fully saturated rings. The van der Waals surface area contributed by atoms with Crippen LogP contribution in [0.4, 0.5) is 0 Å². The molecule has 0 aromatic heterocycles. The Morgan fingerprint density at radius 2 is 0.520 bits per heavy atom. The Labute approximate surface area is 607 Å². The van der Waals surface area contributed by atoms with Crippen LogP contribution in [0.25, 0.3) is 0 Å². The maximum Gasteiger partial charge on any atom is 0.472 e. The smallest absolute Gasteiger partial charge is 0.462 e. The third-order valence-electron chi connectivity index (χ3n) is 16.6. The number of aliphatic hydroxyl groups is 1. The Morgan fingerprint density at radius 3 is 0.810 bits per heavy atom. The molecule has 0 rings (SSSR count). The van der Waals surface area contributed by atoms with E-state index in [1.807, 2.05) is 0 Å². The zero-order valence-electron chi connectivity index (χ0n) is 63.1. The van der Waals surface area contributed by atoms with Crippen molar-refractivity contribution in [1.82, 2.24) is 0 Å². The first-order chi connectivity index (χ1) is 48.7. The molecule has 3 N–H and O–H groups in total. The van der Waals surface area contributed by atoms with Crippen LogP contribution < -0.4 is 0 Å². The molecule has 17 nitrogen and oxygen atoms in total. The van der Waals surface area contributed by atoms with Crippen molar-refractivity contribution in [2.24, 2.45) is 0 Å². The van der Waals surface area contributed by atoms with E-state index in [0.717, 1.165) is 154 Å². The lowest BCUT2D eigenvalue weighted by atomic mass is 10.0. The molecule has 0 aromatic rings. The lowest BCUT2D eigenvalue weighted by molar-refractivity contribution is -0.161. The number of hydrogen-bond acceptors (Lipinski definition) is 15. The average Bonchev–Trinajstić information content (AvgIpc) is 0.985. The summed E-state index contributed by atoms with van der Waals surface area (Å²) in [6.07, 6.45) is 76.8. The highest BCUT2D eigenvalue weighted by molar-refractivity contribution is 7.47. The first-order valence-electron chi connectivity index (χ1n) is 39.5. The molecule has 0 aliphatic heterocycles. The van der Waals surface area contributed by atoms with Gasteiger partial charge in [0.15, 0.2) is 12.2 Å². The molecule has 0 spiro atoms. The minimum absolute atomic E-state index is 0.0908. The number of phosphoric ester groups is 2. The van der Waals surface area contributed by atoms with E-state index in [-0.39, 0.29) is 25.7 Å². The monoisotopic (exact) mass is 1450 g/mol. The Balaban J connectivity index is 5.35. The van der Waals surface area contributed by atoms with Crippen molar-refractivity contribution >= 4 is 39.5 Å². The number of ether oxygens (including phenoxy) is 4. The third kappa shape index (κ3) is 72.3. The fourth-order valence-corrected chi connectivity index (χ4v) is 12.2. The van der Waals surface area contributed by atoms with Gasteiger partial charge in [-0.15, -0.1) is 0 Å². The Bertz CT molecular complexity index is 2270. The molecular weight excluding hydrogens is 1310 g/mol. The Kier molecular flexibility index (Phi) is 70.4. The standard InChI is InChI=1S/C81H142O17P2/c1-5-9-13-17-21-25-29-32-35-36-37-38-41-43-47-50-54-58-62-66-79(84)92-72-77(98-81(86)68-64-60-56-52-48-44-40-34-31-27-23-19-15-11-7-3)74-96-100(89,90)94-70-75(82)69-93-99(87,88)95-73-76(97-80(85)67-63-59-55-51-45-28-24-20-16-12-8-4)71-91-78(83)65-61-57-53-49-46-42-39-33-30-26-22-18-14-10-6-2/h9-10,13-14,21-22,25-26,32-33,35,37-39,43,47,75-77,82H,5-8,11-12,15-20,23-24,27-31,34,36,40-42,44-46,48-74H2,1-4H3,(H,87,88)(H,89,90)/b13-9-,14-10-,25-21-,26-22-,35-32-,38-37-,39-33-,47-43-. The summed E-state index contributed by atoms with van der Waals surface area (Å²) in [5.41, 5.74) is 0. The number of carbonyl (C=O) groups excluding carboxylic acids is 4. The molecule has 0 bridgehead atoms. The van der Waals surface area contributed by atoms with Crippen LogP contribution in [0.1, 0.15) is 336 Å². The summed E-state index contributed by atoms with van der Waals surface area (Å²) in [4.78, 5) is 72.9. The zero-order valence-corrected chi connectivity index (χ0v) is 64.9. The van der Waals surface area contributed by atoms with Crippen LogP contribution in [0.5, 0.6) is 0 Å². The molecule has 0 radical (unpaired) electrons. The van der Waals surface area contributed by atoms with Crippen molar-refractivity contribution in [2.75, 3.05) is 39.6 Å². The predicted octanol–water partition coefficient (Wildman–Crippen LogP) is 22.8. The van der Waals surface area contributed by atoms with Crippen molar-refractivity contribution < 1.29 is 80.2 Å². The molecule has 0 heterocycles. The minimum atomic E-state index is -4.98. The maximum atomic E-state index is 13.1. The van der Waals surface area contributed by atoms with Crippen LogP contribution in [0.15, 0.2) is 97.2 Å². The first kappa shape index (κ1) is 96.0. The van der Waals surface area contributed by atoms with Gasteiger partial charge in [0.25, 0.3) is 0 Å². The van der Waals surface area contributed by atoms with Crippen LogP contribution in [0, 0.1) is 0 Å². The maximum absolute atomic E-state index is 13.1. The number of rotatable bonds is 74. The zero-order chi connectivity index (χ0) is 73.2. The largest absolute Gasteiger partial charge is 0.472 e. The molecule has 5 unspecified atom stereocenters. The van der Waals surface area contributed by atoms with Gasteiger partial charge in [-0.25, -0.2) is 9.13 Å². The summed E-state index contributed by atoms with van der Waals surface area (Å²) in [7, 11) is -9.95. The van der Waals surface area contributed by atoms with Gasteiger partial charge < -0.3 is 33.8 Å². The van der Waals surface area contributed by atoms with Gasteiger partial charge in [0.2, 0.25) is 0 Å². The van der Waals surface area contributed by atoms with E-state index in [1.54, 1.807) is 0 Å². The number of carbonyl (C=O) groups is 4. The van der Waals surface area contributed by atoms with Gasteiger partial charge in [-0.3, -0.25) is 37.3 Å². The second kappa shape index (κ2) is 73.3. The molecular formula is C81H142O17P2. The SMILES string of the molecule is CC/C=C\C/C=C\C/C=C\C/C=C\C/C=C\CCCCCC(=O)OCC(COP(=O)(O)OCC(O)COP(=O)(O)OCC(COC(=O)CCCCCCC/C=C\C/C=C\C/C=C\CC)OC(=O)CCCCCCCCCCCCC)OC(=O)CCCCCCCCCCCCCCCCC. The molecule has 578 valence electrons. The van der Waals surface area contributed by atoms with Crippen LogP contribution in [-0.2, 0) is 65.4 Å². The molecule has 0 aliphatic carbocycles. The van der Waals surface area contributed by atoms with E-state index in [9.17, 15) is 43.2 Å². The highest BCUT2D eigenvalue weighted by atomic mass is 31.2. The van der Waals surface area contributed by atoms with E-state index >= 15 is 0 Å². The molecule has 19 heteroatoms. The van der Waals surface area contributed by atoms with Crippen LogP contribution in [0.3, 0.4) is 0 Å². The number of phosphoric acid groups is 2. The van der Waals surface area contributed by atoms with Gasteiger partial charge in [-0.1, -0.05) is 305 Å². The minimum Gasteiger partial charge on any atom is -0.462 e. The summed E-state index contributed by atoms with van der Waals surface area (Å²) >= 11 is 0. The Hall–Kier alpha value is -4.02. The van der Waals surface area contributed by atoms with Crippen molar-refractivity contribution in [2.45, 2.75) is 354 Å². The molecule has 0 amide bonds. The lowest BCUT2D eigenvalue weighted by Crippen LogP contribution is -2.30. The summed E-state index contributed by atoms with van der Waals surface area (Å²) in [6.45, 7) is 4.63. The average molecular weight is 1450 g/mol. The second-order valence-electron chi connectivity index (χ2n) is 26.3. The summed E-state index contributed by atoms with van der Waals surface area (Å²) in [5, 5.41) is 10.6. The summed E-state index contributed by atoms with van der Waals surface area (Å²) < 4.78 is 68.5. The van der Waals surface area contributed by atoms with Gasteiger partial charge in [0, 0.05) is 25.7 Å². The Morgan fingerprint density at radius 1 is 0.290 bits per heavy atom. The lowest BCUT2D eigenvalue weighted by Gasteiger charge is -2.21. The van der Waals surface area contributed by atoms with E-state index < -0.39 is 97.5 Å². The van der Waals surface area contributed by atoms with Crippen LogP contribution >= 0.6 is 15.6 Å². The van der Waals surface area contributed by atoms with Crippen molar-refractivity contribution in [3.63, 3.8) is 0 Å². The number of hydrogen-bond donors (Lipinski definition) is 3. The number of aliphatic hydroxyl groups excluding tert-OH is 1. The number of esters is 4. The van der Waals surface area contributed by atoms with E-state index in [1.165, 1.54) is 103 Å². The molecule has 5 atom stereocenters. The van der Waals surface area contributed by atoms with Crippen molar-refractivity contribution in [1.29, 1.82) is 0 Å². The summed E-state index contributed by atoms with van der Waals surface area (Å²) in [6, 6.07) is 0. The highest BCUT2D eigenvalue weighted by Crippen LogP contribution is 2.45. The predicted molar refractivity (Wildman–Crippen MR) is 409 cm³/mol. The number of unbranched alkanes of at least 4 members (excludes halogenated alkanes) is 32. The van der Waals surface area contributed by atoms with Gasteiger partial charge in [-0.2, -0.15) is 0 Å². The van der Waals surface area contributed by atoms with Crippen molar-refractivity contribution in [3.05, 3.63) is 97.2 Å². The quantitative estimate of drug-likeness (QED) is 0.0169. The molecule has 0 saturated heterocycles. The number of allylic oxidation sites excluding steroid dienone is 16. The topological polar surface area (TPSA) is 237 Å². The highest BCUT2D eigenvalue weighted by Gasteiger charge is 2.30. The van der Waals surface area contributed by atoms with Crippen LogP contribution in [0.2, 0.25) is 0 Å².